The Bertz CT molecular complexity index is 780. The second kappa shape index (κ2) is 7.55. The van der Waals surface area contributed by atoms with Gasteiger partial charge in [0.25, 0.3) is 0 Å². The molecule has 122 valence electrons. The van der Waals surface area contributed by atoms with Crippen LogP contribution in [0.4, 0.5) is 4.39 Å². The molecule has 3 rings (SSSR count). The van der Waals surface area contributed by atoms with Gasteiger partial charge in [-0.1, -0.05) is 24.3 Å². The molecule has 4 nitrogen and oxygen atoms in total. The second-order valence-electron chi connectivity index (χ2n) is 5.52. The highest BCUT2D eigenvalue weighted by Crippen LogP contribution is 2.09. The number of aromatic nitrogens is 2. The molecule has 1 N–H and O–H groups in total. The highest BCUT2D eigenvalue weighted by Gasteiger charge is 2.04. The summed E-state index contributed by atoms with van der Waals surface area (Å²) in [7, 11) is 0. The van der Waals surface area contributed by atoms with Gasteiger partial charge in [-0.05, 0) is 47.9 Å². The van der Waals surface area contributed by atoms with Gasteiger partial charge in [0.1, 0.15) is 5.82 Å². The van der Waals surface area contributed by atoms with Crippen LogP contribution < -0.4 is 5.32 Å². The zero-order valence-electron chi connectivity index (χ0n) is 13.2. The van der Waals surface area contributed by atoms with Crippen LogP contribution in [0.15, 0.2) is 67.0 Å². The lowest BCUT2D eigenvalue weighted by atomic mass is 10.1. The molecule has 0 aliphatic rings. The van der Waals surface area contributed by atoms with Crippen LogP contribution in [0.2, 0.25) is 0 Å². The molecule has 1 amide bonds. The molecule has 1 aromatic heterocycles. The summed E-state index contributed by atoms with van der Waals surface area (Å²) in [6.45, 7) is 0.571. The van der Waals surface area contributed by atoms with E-state index < -0.39 is 0 Å². The van der Waals surface area contributed by atoms with Gasteiger partial charge in [0.2, 0.25) is 5.91 Å². The minimum atomic E-state index is -0.294. The number of nitrogens with zero attached hydrogens (tertiary/aromatic N) is 2. The van der Waals surface area contributed by atoms with Crippen LogP contribution in [0, 0.1) is 5.82 Å². The number of halogens is 1. The van der Waals surface area contributed by atoms with E-state index in [-0.39, 0.29) is 18.1 Å². The largest absolute Gasteiger partial charge is 0.355 e. The zero-order valence-corrected chi connectivity index (χ0v) is 13.2. The van der Waals surface area contributed by atoms with Crippen molar-refractivity contribution in [1.29, 1.82) is 0 Å². The van der Waals surface area contributed by atoms with Gasteiger partial charge in [0.05, 0.1) is 12.1 Å². The highest BCUT2D eigenvalue weighted by molar-refractivity contribution is 5.78. The Kier molecular flexibility index (Phi) is 5.01. The molecule has 0 aliphatic carbocycles. The average molecular weight is 323 g/mol. The molecule has 0 spiro atoms. The zero-order chi connectivity index (χ0) is 16.8. The van der Waals surface area contributed by atoms with Crippen molar-refractivity contribution in [3.63, 3.8) is 0 Å². The molecule has 2 aromatic carbocycles. The van der Waals surface area contributed by atoms with Gasteiger partial charge in [-0.2, -0.15) is 5.10 Å². The van der Waals surface area contributed by atoms with Crippen molar-refractivity contribution in [2.75, 3.05) is 6.54 Å². The lowest BCUT2D eigenvalue weighted by Gasteiger charge is -2.07. The molecule has 0 atom stereocenters. The van der Waals surface area contributed by atoms with Gasteiger partial charge in [-0.15, -0.1) is 0 Å². The lowest BCUT2D eigenvalue weighted by Crippen LogP contribution is -2.27. The summed E-state index contributed by atoms with van der Waals surface area (Å²) in [4.78, 5) is 11.9. The molecular formula is C19H18FN3O. The predicted molar refractivity (Wildman–Crippen MR) is 90.4 cm³/mol. The highest BCUT2D eigenvalue weighted by atomic mass is 19.1. The van der Waals surface area contributed by atoms with E-state index in [1.807, 2.05) is 36.5 Å². The van der Waals surface area contributed by atoms with Crippen LogP contribution >= 0.6 is 0 Å². The standard InChI is InChI=1S/C19H18FN3O/c20-17-6-2-16(3-7-17)14-19(24)21-12-10-15-4-8-18(9-5-15)23-13-1-11-22-23/h1-9,11,13H,10,12,14H2,(H,21,24). The first-order chi connectivity index (χ1) is 11.7. The molecule has 0 radical (unpaired) electrons. The maximum Gasteiger partial charge on any atom is 0.224 e. The number of nitrogens with one attached hydrogen (secondary N) is 1. The molecule has 24 heavy (non-hydrogen) atoms. The molecular weight excluding hydrogens is 305 g/mol. The maximum atomic E-state index is 12.8. The molecule has 1 heterocycles. The quantitative estimate of drug-likeness (QED) is 0.758. The van der Waals surface area contributed by atoms with Crippen molar-refractivity contribution in [3.8, 4) is 5.69 Å². The van der Waals surface area contributed by atoms with Gasteiger partial charge in [0.15, 0.2) is 0 Å². The third-order valence-electron chi connectivity index (χ3n) is 3.72. The molecule has 0 saturated carbocycles. The van der Waals surface area contributed by atoms with Gasteiger partial charge in [-0.25, -0.2) is 9.07 Å². The summed E-state index contributed by atoms with van der Waals surface area (Å²) in [5.74, 6) is -0.354. The SMILES string of the molecule is O=C(Cc1ccc(F)cc1)NCCc1ccc(-n2cccn2)cc1. The Labute approximate surface area is 139 Å². The van der Waals surface area contributed by atoms with Crippen LogP contribution in [0.5, 0.6) is 0 Å². The smallest absolute Gasteiger partial charge is 0.224 e. The number of amides is 1. The van der Waals surface area contributed by atoms with Crippen molar-refractivity contribution in [1.82, 2.24) is 15.1 Å². The minimum Gasteiger partial charge on any atom is -0.355 e. The van der Waals surface area contributed by atoms with E-state index in [2.05, 4.69) is 10.4 Å². The van der Waals surface area contributed by atoms with E-state index in [1.165, 1.54) is 12.1 Å². The molecule has 0 unspecified atom stereocenters. The van der Waals surface area contributed by atoms with E-state index in [4.69, 9.17) is 0 Å². The van der Waals surface area contributed by atoms with Gasteiger partial charge in [0, 0.05) is 18.9 Å². The summed E-state index contributed by atoms with van der Waals surface area (Å²) in [6, 6.07) is 15.9. The van der Waals surface area contributed by atoms with Crippen LogP contribution in [0.25, 0.3) is 5.69 Å². The first kappa shape index (κ1) is 15.9. The van der Waals surface area contributed by atoms with Crippen molar-refractivity contribution >= 4 is 5.91 Å². The number of rotatable bonds is 6. The lowest BCUT2D eigenvalue weighted by molar-refractivity contribution is -0.120. The first-order valence-electron chi connectivity index (χ1n) is 7.81. The average Bonchev–Trinajstić information content (AvgIpc) is 3.12. The molecule has 0 aliphatic heterocycles. The van der Waals surface area contributed by atoms with Crippen LogP contribution in [-0.2, 0) is 17.6 Å². The Morgan fingerprint density at radius 3 is 2.42 bits per heavy atom. The summed E-state index contributed by atoms with van der Waals surface area (Å²) >= 11 is 0. The third kappa shape index (κ3) is 4.29. The first-order valence-corrected chi connectivity index (χ1v) is 7.81. The number of carbonyl (C=O) groups is 1. The number of benzene rings is 2. The number of hydrogen-bond acceptors (Lipinski definition) is 2. The van der Waals surface area contributed by atoms with Crippen molar-refractivity contribution in [2.24, 2.45) is 0 Å². The van der Waals surface area contributed by atoms with E-state index in [9.17, 15) is 9.18 Å². The van der Waals surface area contributed by atoms with Crippen LogP contribution in [-0.4, -0.2) is 22.2 Å². The van der Waals surface area contributed by atoms with Gasteiger partial charge in [-0.3, -0.25) is 4.79 Å². The van der Waals surface area contributed by atoms with E-state index >= 15 is 0 Å². The van der Waals surface area contributed by atoms with E-state index in [0.29, 0.717) is 6.54 Å². The summed E-state index contributed by atoms with van der Waals surface area (Å²) in [6.07, 6.45) is 4.66. The monoisotopic (exact) mass is 323 g/mol. The van der Waals surface area contributed by atoms with Gasteiger partial charge < -0.3 is 5.32 Å². The fraction of sp³-hybridized carbons (Fsp3) is 0.158. The number of hydrogen-bond donors (Lipinski definition) is 1. The summed E-state index contributed by atoms with van der Waals surface area (Å²) in [5.41, 5.74) is 2.95. The van der Waals surface area contributed by atoms with E-state index in [0.717, 1.165) is 23.2 Å². The molecule has 0 saturated heterocycles. The number of carbonyl (C=O) groups excluding carboxylic acids is 1. The van der Waals surface area contributed by atoms with Crippen LogP contribution in [0.3, 0.4) is 0 Å². The normalized spacial score (nSPS) is 10.5. The van der Waals surface area contributed by atoms with Crippen molar-refractivity contribution in [3.05, 3.63) is 83.9 Å². The van der Waals surface area contributed by atoms with Crippen molar-refractivity contribution in [2.45, 2.75) is 12.8 Å². The molecule has 3 aromatic rings. The Morgan fingerprint density at radius 2 is 1.75 bits per heavy atom. The Balaban J connectivity index is 1.46. The summed E-state index contributed by atoms with van der Waals surface area (Å²) in [5, 5.41) is 7.07. The molecule has 0 bridgehead atoms. The van der Waals surface area contributed by atoms with Gasteiger partial charge >= 0.3 is 0 Å². The van der Waals surface area contributed by atoms with E-state index in [1.54, 1.807) is 23.0 Å². The predicted octanol–water partition coefficient (Wildman–Crippen LogP) is 2.91. The second-order valence-corrected chi connectivity index (χ2v) is 5.52. The van der Waals surface area contributed by atoms with Crippen molar-refractivity contribution < 1.29 is 9.18 Å². The molecule has 0 fully saturated rings. The Hall–Kier alpha value is -2.95. The maximum absolute atomic E-state index is 12.8. The fourth-order valence-electron chi connectivity index (χ4n) is 2.43. The molecule has 5 heteroatoms. The minimum absolute atomic E-state index is 0.0604. The van der Waals surface area contributed by atoms with Crippen LogP contribution in [0.1, 0.15) is 11.1 Å². The summed E-state index contributed by atoms with van der Waals surface area (Å²) < 4.78 is 14.6. The topological polar surface area (TPSA) is 46.9 Å². The Morgan fingerprint density at radius 1 is 1.04 bits per heavy atom. The third-order valence-corrected chi connectivity index (χ3v) is 3.72. The fourth-order valence-corrected chi connectivity index (χ4v) is 2.43.